The number of carbonyl (C=O) groups is 3. The number of carbonyl (C=O) groups excluding carboxylic acids is 3. The molecule has 2 aliphatic heterocycles. The Labute approximate surface area is 240 Å². The van der Waals surface area contributed by atoms with Crippen LogP contribution in [0.4, 0.5) is 19.9 Å². The number of rotatable bonds is 4. The van der Waals surface area contributed by atoms with Crippen LogP contribution in [-0.2, 0) is 11.2 Å². The number of nitrogens with one attached hydrogen (secondary N) is 2. The Morgan fingerprint density at radius 2 is 1.97 bits per heavy atom. The molecule has 0 saturated carbocycles. The first kappa shape index (κ1) is 28.6. The van der Waals surface area contributed by atoms with E-state index in [1.807, 2.05) is 43.4 Å². The average Bonchev–Trinajstić information content (AvgIpc) is 3.36. The fraction of sp³-hybridized carbons (Fsp3) is 0.519. The third kappa shape index (κ3) is 6.41. The van der Waals surface area contributed by atoms with Gasteiger partial charge in [-0.25, -0.2) is 9.18 Å². The Morgan fingerprint density at radius 3 is 2.63 bits per heavy atom. The van der Waals surface area contributed by atoms with Crippen LogP contribution in [0.15, 0.2) is 18.2 Å². The first-order valence-corrected chi connectivity index (χ1v) is 14.4. The molecule has 1 unspecified atom stereocenters. The van der Waals surface area contributed by atoms with Crippen molar-refractivity contribution in [2.75, 3.05) is 32.0 Å². The van der Waals surface area contributed by atoms with Gasteiger partial charge in [0, 0.05) is 36.3 Å². The van der Waals surface area contributed by atoms with E-state index in [0.29, 0.717) is 53.5 Å². The predicted octanol–water partition coefficient (Wildman–Crippen LogP) is 5.63. The molecule has 11 heteroatoms. The summed E-state index contributed by atoms with van der Waals surface area (Å²) in [7, 11) is 1.76. The van der Waals surface area contributed by atoms with E-state index in [0.717, 1.165) is 3.57 Å². The van der Waals surface area contributed by atoms with Crippen molar-refractivity contribution in [2.24, 2.45) is 5.41 Å². The summed E-state index contributed by atoms with van der Waals surface area (Å²) in [6, 6.07) is 4.53. The van der Waals surface area contributed by atoms with Crippen molar-refractivity contribution >= 4 is 62.5 Å². The smallest absolute Gasteiger partial charge is 0.410 e. The molecule has 1 saturated heterocycles. The molecular formula is C27H34FIN4O4S. The number of fused-ring (bicyclic) bond motifs is 1. The Hall–Kier alpha value is -2.41. The van der Waals surface area contributed by atoms with Gasteiger partial charge in [-0.3, -0.25) is 9.59 Å². The number of hydrogen-bond donors (Lipinski definition) is 2. The minimum absolute atomic E-state index is 0.155. The maximum Gasteiger partial charge on any atom is 0.410 e. The molecule has 2 aromatic rings. The number of ether oxygens (including phenoxy) is 1. The molecule has 38 heavy (non-hydrogen) atoms. The average molecular weight is 657 g/mol. The summed E-state index contributed by atoms with van der Waals surface area (Å²) in [6.07, 6.45) is 0.688. The van der Waals surface area contributed by atoms with Gasteiger partial charge < -0.3 is 25.2 Å². The van der Waals surface area contributed by atoms with Gasteiger partial charge in [-0.1, -0.05) is 13.8 Å². The number of likely N-dealkylation sites (tertiary alicyclic amines) is 1. The minimum Gasteiger partial charge on any atom is -0.444 e. The maximum absolute atomic E-state index is 14.8. The highest BCUT2D eigenvalue weighted by Crippen LogP contribution is 2.42. The second-order valence-corrected chi connectivity index (χ2v) is 14.0. The molecule has 1 fully saturated rings. The van der Waals surface area contributed by atoms with E-state index in [1.165, 1.54) is 17.4 Å². The lowest BCUT2D eigenvalue weighted by Gasteiger charge is -2.27. The number of nitrogens with zero attached hydrogens (tertiary/aromatic N) is 2. The summed E-state index contributed by atoms with van der Waals surface area (Å²) in [5.74, 6) is -0.947. The molecule has 0 radical (unpaired) electrons. The van der Waals surface area contributed by atoms with Gasteiger partial charge >= 0.3 is 6.09 Å². The molecule has 1 atom stereocenters. The van der Waals surface area contributed by atoms with Crippen LogP contribution in [0, 0.1) is 14.8 Å². The van der Waals surface area contributed by atoms with E-state index < -0.39 is 17.5 Å². The van der Waals surface area contributed by atoms with Gasteiger partial charge in [-0.05, 0) is 85.4 Å². The number of benzene rings is 1. The zero-order valence-electron chi connectivity index (χ0n) is 22.5. The molecule has 8 nitrogen and oxygen atoms in total. The van der Waals surface area contributed by atoms with Crippen LogP contribution in [0.2, 0.25) is 0 Å². The third-order valence-electron chi connectivity index (χ3n) is 6.45. The van der Waals surface area contributed by atoms with Crippen LogP contribution in [0.1, 0.15) is 66.6 Å². The largest absolute Gasteiger partial charge is 0.444 e. The number of anilines is 2. The highest BCUT2D eigenvalue weighted by atomic mass is 127. The summed E-state index contributed by atoms with van der Waals surface area (Å²) in [5, 5.41) is 6.58. The molecule has 1 aromatic carbocycles. The maximum atomic E-state index is 14.8. The van der Waals surface area contributed by atoms with Crippen LogP contribution >= 0.6 is 33.9 Å². The summed E-state index contributed by atoms with van der Waals surface area (Å²) in [4.78, 5) is 43.4. The Kier molecular flexibility index (Phi) is 8.00. The molecule has 2 aliphatic rings. The minimum atomic E-state index is -0.607. The highest BCUT2D eigenvalue weighted by molar-refractivity contribution is 14.1. The summed E-state index contributed by atoms with van der Waals surface area (Å²) >= 11 is 3.21. The van der Waals surface area contributed by atoms with Crippen LogP contribution < -0.4 is 10.6 Å². The van der Waals surface area contributed by atoms with Crippen molar-refractivity contribution in [3.63, 3.8) is 0 Å². The highest BCUT2D eigenvalue weighted by Gasteiger charge is 2.38. The molecule has 0 spiro atoms. The Bertz CT molecular complexity index is 1270. The zero-order chi connectivity index (χ0) is 28.0. The van der Waals surface area contributed by atoms with Crippen molar-refractivity contribution < 1.29 is 23.5 Å². The van der Waals surface area contributed by atoms with E-state index >= 15 is 0 Å². The first-order valence-electron chi connectivity index (χ1n) is 12.6. The third-order valence-corrected chi connectivity index (χ3v) is 8.26. The Balaban J connectivity index is 1.65. The lowest BCUT2D eigenvalue weighted by molar-refractivity contribution is 0.0289. The van der Waals surface area contributed by atoms with Crippen LogP contribution in [0.3, 0.4) is 0 Å². The van der Waals surface area contributed by atoms with Crippen molar-refractivity contribution in [1.82, 2.24) is 15.1 Å². The van der Waals surface area contributed by atoms with E-state index in [9.17, 15) is 18.8 Å². The molecule has 0 bridgehead atoms. The van der Waals surface area contributed by atoms with Crippen LogP contribution in [0.5, 0.6) is 0 Å². The SMILES string of the molecule is CN1CC(C)(C)Cc2c(sc(Nc3ccc(I)cc3F)c2C(=O)NC2CCN(C(=O)OC(C)(C)C)C2)C1=O. The van der Waals surface area contributed by atoms with Gasteiger partial charge in [0.05, 0.1) is 16.1 Å². The lowest BCUT2D eigenvalue weighted by Crippen LogP contribution is -2.40. The Morgan fingerprint density at radius 1 is 1.26 bits per heavy atom. The summed E-state index contributed by atoms with van der Waals surface area (Å²) in [5.41, 5.74) is 0.383. The fourth-order valence-electron chi connectivity index (χ4n) is 4.90. The number of halogens is 2. The monoisotopic (exact) mass is 656 g/mol. The van der Waals surface area contributed by atoms with E-state index in [4.69, 9.17) is 4.74 Å². The van der Waals surface area contributed by atoms with Gasteiger partial charge in [0.2, 0.25) is 0 Å². The van der Waals surface area contributed by atoms with Crippen LogP contribution in [-0.4, -0.2) is 66.0 Å². The lowest BCUT2D eigenvalue weighted by atomic mass is 9.85. The molecular weight excluding hydrogens is 622 g/mol. The van der Waals surface area contributed by atoms with Gasteiger partial charge in [0.1, 0.15) is 16.4 Å². The summed E-state index contributed by atoms with van der Waals surface area (Å²) < 4.78 is 21.0. The van der Waals surface area contributed by atoms with Gasteiger partial charge in [-0.15, -0.1) is 11.3 Å². The van der Waals surface area contributed by atoms with Crippen molar-refractivity contribution in [3.05, 3.63) is 43.6 Å². The topological polar surface area (TPSA) is 91.0 Å². The predicted molar refractivity (Wildman–Crippen MR) is 155 cm³/mol. The number of amides is 3. The van der Waals surface area contributed by atoms with E-state index in [1.54, 1.807) is 29.0 Å². The molecule has 0 aliphatic carbocycles. The molecule has 1 aromatic heterocycles. The quantitative estimate of drug-likeness (QED) is 0.417. The van der Waals surface area contributed by atoms with Gasteiger partial charge in [0.25, 0.3) is 11.8 Å². The van der Waals surface area contributed by atoms with Crippen molar-refractivity contribution in [2.45, 2.75) is 59.1 Å². The first-order chi connectivity index (χ1) is 17.6. The second kappa shape index (κ2) is 10.6. The van der Waals surface area contributed by atoms with E-state index in [-0.39, 0.29) is 29.0 Å². The second-order valence-electron chi connectivity index (χ2n) is 11.8. The van der Waals surface area contributed by atoms with Crippen LogP contribution in [0.25, 0.3) is 0 Å². The van der Waals surface area contributed by atoms with Crippen molar-refractivity contribution in [1.29, 1.82) is 0 Å². The number of hydrogen-bond acceptors (Lipinski definition) is 6. The zero-order valence-corrected chi connectivity index (χ0v) is 25.5. The molecule has 3 heterocycles. The van der Waals surface area contributed by atoms with Gasteiger partial charge in [-0.2, -0.15) is 0 Å². The standard InChI is InChI=1S/C27H34FIN4O4S/c1-26(2,3)37-25(36)33-10-9-16(13-33)30-22(34)20-17-12-27(4,5)14-32(6)24(35)21(17)38-23(20)31-19-8-7-15(29)11-18(19)28/h7-8,11,16,31H,9-10,12-14H2,1-6H3,(H,30,34). The van der Waals surface area contributed by atoms with Crippen molar-refractivity contribution in [3.8, 4) is 0 Å². The summed E-state index contributed by atoms with van der Waals surface area (Å²) in [6.45, 7) is 10.9. The fourth-order valence-corrected chi connectivity index (χ4v) is 6.57. The molecule has 206 valence electrons. The number of thiophene rings is 1. The van der Waals surface area contributed by atoms with E-state index in [2.05, 4.69) is 24.5 Å². The normalized spacial score (nSPS) is 19.2. The molecule has 2 N–H and O–H groups in total. The van der Waals surface area contributed by atoms with Gasteiger partial charge in [0.15, 0.2) is 0 Å². The molecule has 3 amide bonds. The molecule has 4 rings (SSSR count).